The van der Waals surface area contributed by atoms with Crippen molar-refractivity contribution in [2.24, 2.45) is 5.73 Å². The first-order valence-electron chi connectivity index (χ1n) is 10.2. The van der Waals surface area contributed by atoms with Crippen molar-refractivity contribution in [1.82, 2.24) is 9.36 Å². The molecule has 1 heterocycles. The highest BCUT2D eigenvalue weighted by Gasteiger charge is 2.33. The normalized spacial score (nSPS) is 13.4. The molecule has 0 saturated heterocycles. The Morgan fingerprint density at radius 3 is 2.47 bits per heavy atom. The molecule has 3 N–H and O–H groups in total. The predicted molar refractivity (Wildman–Crippen MR) is 126 cm³/mol. The summed E-state index contributed by atoms with van der Waals surface area (Å²) in [4.78, 5) is 4.66. The third kappa shape index (κ3) is 5.76. The Hall–Kier alpha value is -2.69. The maximum absolute atomic E-state index is 13.4. The molecule has 0 saturated carbocycles. The topological polar surface area (TPSA) is 116 Å². The van der Waals surface area contributed by atoms with Crippen molar-refractivity contribution in [1.29, 1.82) is 0 Å². The number of rotatable bonds is 11. The van der Waals surface area contributed by atoms with Crippen LogP contribution in [0.25, 0.3) is 0 Å². The van der Waals surface area contributed by atoms with Gasteiger partial charge >= 0.3 is 0 Å². The van der Waals surface area contributed by atoms with Crippen molar-refractivity contribution in [2.75, 3.05) is 19.5 Å². The average Bonchev–Trinajstić information content (AvgIpc) is 3.24. The molecular formula is C22H28N4O4S2. The Morgan fingerprint density at radius 2 is 1.81 bits per heavy atom. The van der Waals surface area contributed by atoms with Crippen LogP contribution >= 0.6 is 11.5 Å². The number of methoxy groups -OCH3 is 2. The summed E-state index contributed by atoms with van der Waals surface area (Å²) in [6.45, 7) is 1.97. The lowest BCUT2D eigenvalue weighted by molar-refractivity contribution is 0.414. The van der Waals surface area contributed by atoms with Crippen molar-refractivity contribution in [3.63, 3.8) is 0 Å². The number of sulfone groups is 1. The van der Waals surface area contributed by atoms with Crippen molar-refractivity contribution < 1.29 is 17.9 Å². The van der Waals surface area contributed by atoms with Crippen LogP contribution < -0.4 is 20.5 Å². The van der Waals surface area contributed by atoms with E-state index in [1.807, 2.05) is 31.2 Å². The fourth-order valence-corrected chi connectivity index (χ4v) is 5.65. The van der Waals surface area contributed by atoms with E-state index >= 15 is 0 Å². The maximum atomic E-state index is 13.4. The molecule has 2 unspecified atom stereocenters. The summed E-state index contributed by atoms with van der Waals surface area (Å²) in [6, 6.07) is 13.3. The van der Waals surface area contributed by atoms with Gasteiger partial charge in [0.15, 0.2) is 5.37 Å². The van der Waals surface area contributed by atoms with Crippen LogP contribution in [0.15, 0.2) is 53.4 Å². The van der Waals surface area contributed by atoms with Crippen LogP contribution in [0.5, 0.6) is 11.5 Å². The van der Waals surface area contributed by atoms with Crippen LogP contribution in [0.2, 0.25) is 0 Å². The molecule has 3 aromatic rings. The lowest BCUT2D eigenvalue weighted by atomic mass is 10.1. The third-order valence-electron chi connectivity index (χ3n) is 4.96. The number of nitrogens with zero attached hydrogens (tertiary/aromatic N) is 2. The van der Waals surface area contributed by atoms with Gasteiger partial charge in [-0.25, -0.2) is 13.4 Å². The van der Waals surface area contributed by atoms with Gasteiger partial charge in [-0.1, -0.05) is 25.5 Å². The first-order chi connectivity index (χ1) is 15.4. The highest BCUT2D eigenvalue weighted by molar-refractivity contribution is 7.92. The first-order valence-corrected chi connectivity index (χ1v) is 12.5. The van der Waals surface area contributed by atoms with E-state index < -0.39 is 21.3 Å². The zero-order valence-electron chi connectivity index (χ0n) is 18.3. The summed E-state index contributed by atoms with van der Waals surface area (Å²) in [5, 5.41) is 2.42. The van der Waals surface area contributed by atoms with Crippen LogP contribution in [0.3, 0.4) is 0 Å². The second-order valence-corrected chi connectivity index (χ2v) is 10.1. The minimum atomic E-state index is -3.77. The zero-order chi connectivity index (χ0) is 23.1. The average molecular weight is 477 g/mol. The Kier molecular flexibility index (Phi) is 8.05. The van der Waals surface area contributed by atoms with Crippen LogP contribution in [0.4, 0.5) is 5.13 Å². The van der Waals surface area contributed by atoms with Gasteiger partial charge in [-0.15, -0.1) is 0 Å². The second-order valence-electron chi connectivity index (χ2n) is 7.28. The van der Waals surface area contributed by atoms with E-state index in [0.29, 0.717) is 29.5 Å². The first kappa shape index (κ1) is 24.0. The van der Waals surface area contributed by atoms with Gasteiger partial charge in [0, 0.05) is 24.0 Å². The van der Waals surface area contributed by atoms with Gasteiger partial charge in [-0.05, 0) is 48.4 Å². The number of benzene rings is 2. The van der Waals surface area contributed by atoms with E-state index in [4.69, 9.17) is 15.2 Å². The number of hydrogen-bond acceptors (Lipinski definition) is 9. The zero-order valence-corrected chi connectivity index (χ0v) is 19.9. The molecule has 0 fully saturated rings. The smallest absolute Gasteiger partial charge is 0.203 e. The monoisotopic (exact) mass is 476 g/mol. The molecule has 10 heteroatoms. The Bertz CT molecular complexity index is 1120. The lowest BCUT2D eigenvalue weighted by Crippen LogP contribution is -2.45. The summed E-state index contributed by atoms with van der Waals surface area (Å²) in [6.07, 6.45) is 1.81. The van der Waals surface area contributed by atoms with Gasteiger partial charge in [0.2, 0.25) is 15.0 Å². The van der Waals surface area contributed by atoms with E-state index in [9.17, 15) is 8.42 Å². The minimum Gasteiger partial charge on any atom is -0.497 e. The Labute approximate surface area is 192 Å². The van der Waals surface area contributed by atoms with Crippen molar-refractivity contribution >= 4 is 26.5 Å². The molecule has 0 aliphatic rings. The molecule has 0 bridgehead atoms. The molecule has 8 nitrogen and oxygen atoms in total. The van der Waals surface area contributed by atoms with Crippen molar-refractivity contribution in [3.8, 4) is 11.5 Å². The molecule has 1 aromatic heterocycles. The van der Waals surface area contributed by atoms with Gasteiger partial charge in [0.25, 0.3) is 0 Å². The van der Waals surface area contributed by atoms with Crippen LogP contribution in [0, 0.1) is 0 Å². The molecule has 0 amide bonds. The molecule has 0 spiro atoms. The predicted octanol–water partition coefficient (Wildman–Crippen LogP) is 3.49. The molecule has 172 valence electrons. The SMILES string of the molecule is CCCC(N)C(Nc1nc(Cc2cccc(OC)c2)ns1)S(=O)(=O)c1ccc(OC)cc1. The Balaban J connectivity index is 1.82. The van der Waals surface area contributed by atoms with E-state index in [-0.39, 0.29) is 4.90 Å². The molecule has 32 heavy (non-hydrogen) atoms. The lowest BCUT2D eigenvalue weighted by Gasteiger charge is -2.24. The number of hydrogen-bond donors (Lipinski definition) is 2. The number of nitrogens with one attached hydrogen (secondary N) is 1. The van der Waals surface area contributed by atoms with Crippen LogP contribution in [-0.4, -0.2) is 43.4 Å². The van der Waals surface area contributed by atoms with Crippen LogP contribution in [0.1, 0.15) is 31.2 Å². The van der Waals surface area contributed by atoms with E-state index in [1.54, 1.807) is 19.2 Å². The van der Waals surface area contributed by atoms with Crippen molar-refractivity contribution in [2.45, 2.75) is 42.5 Å². The van der Waals surface area contributed by atoms with E-state index in [0.717, 1.165) is 29.3 Å². The summed E-state index contributed by atoms with van der Waals surface area (Å²) in [5.41, 5.74) is 7.29. The summed E-state index contributed by atoms with van der Waals surface area (Å²) < 4.78 is 41.5. The number of ether oxygens (including phenoxy) is 2. The highest BCUT2D eigenvalue weighted by atomic mass is 32.2. The standard InChI is InChI=1S/C22H28N4O4S2/c1-4-6-19(23)21(32(27,28)18-11-9-16(29-2)10-12-18)25-22-24-20(26-31-22)14-15-7-5-8-17(13-15)30-3/h5,7-13,19,21H,4,6,14,23H2,1-3H3,(H,24,25,26). The number of nitrogens with two attached hydrogens (primary N) is 1. The van der Waals surface area contributed by atoms with E-state index in [1.165, 1.54) is 19.2 Å². The van der Waals surface area contributed by atoms with Gasteiger partial charge < -0.3 is 20.5 Å². The van der Waals surface area contributed by atoms with E-state index in [2.05, 4.69) is 14.7 Å². The van der Waals surface area contributed by atoms with Crippen LogP contribution in [-0.2, 0) is 16.3 Å². The fraction of sp³-hybridized carbons (Fsp3) is 0.364. The molecule has 3 rings (SSSR count). The number of aromatic nitrogens is 2. The molecule has 0 radical (unpaired) electrons. The third-order valence-corrected chi connectivity index (χ3v) is 7.71. The molecule has 0 aliphatic heterocycles. The molecule has 2 atom stereocenters. The molecule has 2 aromatic carbocycles. The minimum absolute atomic E-state index is 0.170. The highest BCUT2D eigenvalue weighted by Crippen LogP contribution is 2.25. The maximum Gasteiger partial charge on any atom is 0.203 e. The Morgan fingerprint density at radius 1 is 1.09 bits per heavy atom. The van der Waals surface area contributed by atoms with Gasteiger partial charge in [-0.2, -0.15) is 4.37 Å². The van der Waals surface area contributed by atoms with Gasteiger partial charge in [-0.3, -0.25) is 0 Å². The number of anilines is 1. The largest absolute Gasteiger partial charge is 0.497 e. The summed E-state index contributed by atoms with van der Waals surface area (Å²) >= 11 is 1.12. The second kappa shape index (κ2) is 10.8. The van der Waals surface area contributed by atoms with Gasteiger partial charge in [0.05, 0.1) is 19.1 Å². The molecule has 0 aliphatic carbocycles. The van der Waals surface area contributed by atoms with Gasteiger partial charge in [0.1, 0.15) is 17.3 Å². The fourth-order valence-electron chi connectivity index (χ4n) is 3.28. The van der Waals surface area contributed by atoms with Crippen molar-refractivity contribution in [3.05, 3.63) is 59.9 Å². The molecular weight excluding hydrogens is 448 g/mol. The summed E-state index contributed by atoms with van der Waals surface area (Å²) in [5.74, 6) is 1.93. The summed E-state index contributed by atoms with van der Waals surface area (Å²) in [7, 11) is -0.626. The quantitative estimate of drug-likeness (QED) is 0.432.